The SMILES string of the molecule is CNC.F.F.F.S. The minimum absolute atomic E-state index is 0. The van der Waals surface area contributed by atoms with Gasteiger partial charge < -0.3 is 5.32 Å². The van der Waals surface area contributed by atoms with Crippen LogP contribution in [0.4, 0.5) is 14.1 Å². The first-order chi connectivity index (χ1) is 1.41. The fourth-order valence-electron chi connectivity index (χ4n) is 0. The third-order valence-electron chi connectivity index (χ3n) is 0. The van der Waals surface area contributed by atoms with Gasteiger partial charge in [0.2, 0.25) is 0 Å². The highest BCUT2D eigenvalue weighted by Crippen LogP contribution is 0.981. The molecule has 0 aliphatic carbocycles. The molecule has 0 atom stereocenters. The van der Waals surface area contributed by atoms with Gasteiger partial charge in [0.1, 0.15) is 0 Å². The zero-order valence-electron chi connectivity index (χ0n) is 4.22. The van der Waals surface area contributed by atoms with Crippen molar-refractivity contribution in [2.45, 2.75) is 0 Å². The summed E-state index contributed by atoms with van der Waals surface area (Å²) in [6.45, 7) is 0. The Labute approximate surface area is 48.0 Å². The minimum atomic E-state index is 0. The van der Waals surface area contributed by atoms with Gasteiger partial charge >= 0.3 is 0 Å². The van der Waals surface area contributed by atoms with Gasteiger partial charge in [-0.2, -0.15) is 13.5 Å². The van der Waals surface area contributed by atoms with Crippen LogP contribution < -0.4 is 5.32 Å². The quantitative estimate of drug-likeness (QED) is 0.512. The molecule has 0 heterocycles. The first-order valence-corrected chi connectivity index (χ1v) is 1.00. The molecule has 0 amide bonds. The van der Waals surface area contributed by atoms with E-state index in [1.54, 1.807) is 0 Å². The molecule has 0 radical (unpaired) electrons. The van der Waals surface area contributed by atoms with E-state index in [4.69, 9.17) is 0 Å². The number of hydrogen-bond donors (Lipinski definition) is 1. The Morgan fingerprint density at radius 1 is 0.857 bits per heavy atom. The molecule has 1 N–H and O–H groups in total. The van der Waals surface area contributed by atoms with Crippen LogP contribution in [0.1, 0.15) is 0 Å². The Morgan fingerprint density at radius 2 is 0.857 bits per heavy atom. The Morgan fingerprint density at radius 3 is 0.857 bits per heavy atom. The van der Waals surface area contributed by atoms with Gasteiger partial charge in [-0.3, -0.25) is 14.1 Å². The van der Waals surface area contributed by atoms with Crippen LogP contribution in [0.3, 0.4) is 0 Å². The Kier molecular flexibility index (Phi) is 1120. The average molecular weight is 139 g/mol. The van der Waals surface area contributed by atoms with Crippen LogP contribution in [-0.4, -0.2) is 14.1 Å². The van der Waals surface area contributed by atoms with E-state index in [1.807, 2.05) is 14.1 Å². The molecular weight excluding hydrogens is 127 g/mol. The maximum Gasteiger partial charge on any atom is -0.0167 e. The lowest BCUT2D eigenvalue weighted by molar-refractivity contribution is 1.02. The highest BCUT2D eigenvalue weighted by Gasteiger charge is 1.25. The van der Waals surface area contributed by atoms with Gasteiger partial charge in [0, 0.05) is 0 Å². The summed E-state index contributed by atoms with van der Waals surface area (Å²) in [5, 5.41) is 2.75. The molecule has 5 heteroatoms. The van der Waals surface area contributed by atoms with Crippen LogP contribution in [0.2, 0.25) is 0 Å². The summed E-state index contributed by atoms with van der Waals surface area (Å²) >= 11 is 0. The normalized spacial score (nSPS) is 2.57. The summed E-state index contributed by atoms with van der Waals surface area (Å²) in [7, 11) is 3.75. The van der Waals surface area contributed by atoms with E-state index in [0.29, 0.717) is 0 Å². The molecule has 0 bridgehead atoms. The predicted molar refractivity (Wildman–Crippen MR) is 32.9 cm³/mol. The Hall–Kier alpha value is 0.100. The van der Waals surface area contributed by atoms with Crippen molar-refractivity contribution in [3.05, 3.63) is 0 Å². The van der Waals surface area contributed by atoms with Crippen molar-refractivity contribution in [1.82, 2.24) is 5.32 Å². The van der Waals surface area contributed by atoms with Crippen molar-refractivity contribution in [2.24, 2.45) is 0 Å². The second kappa shape index (κ2) is 131. The summed E-state index contributed by atoms with van der Waals surface area (Å²) in [6.07, 6.45) is 0. The number of rotatable bonds is 0. The summed E-state index contributed by atoms with van der Waals surface area (Å²) in [4.78, 5) is 0. The molecule has 0 unspecified atom stereocenters. The number of halogens is 3. The van der Waals surface area contributed by atoms with E-state index in [2.05, 4.69) is 5.32 Å². The van der Waals surface area contributed by atoms with Gasteiger partial charge in [0.05, 0.1) is 0 Å². The second-order valence-corrected chi connectivity index (χ2v) is 0.500. The van der Waals surface area contributed by atoms with Gasteiger partial charge in [-0.1, -0.05) is 0 Å². The largest absolute Gasteiger partial charge is 0.323 e. The fraction of sp³-hybridized carbons (Fsp3) is 1.00. The summed E-state index contributed by atoms with van der Waals surface area (Å²) in [5.41, 5.74) is 0. The fourth-order valence-corrected chi connectivity index (χ4v) is 0. The van der Waals surface area contributed by atoms with Crippen LogP contribution >= 0.6 is 13.5 Å². The second-order valence-electron chi connectivity index (χ2n) is 0.500. The first kappa shape index (κ1) is 59.9. The highest BCUT2D eigenvalue weighted by atomic mass is 32.1. The highest BCUT2D eigenvalue weighted by molar-refractivity contribution is 7.59. The maximum atomic E-state index is 2.75. The zero-order valence-corrected chi connectivity index (χ0v) is 5.22. The minimum Gasteiger partial charge on any atom is -0.323 e. The molecule has 0 aliphatic heterocycles. The molecule has 0 aromatic rings. The smallest absolute Gasteiger partial charge is 0.0167 e. The predicted octanol–water partition coefficient (Wildman–Crippen LogP) is 0.406. The van der Waals surface area contributed by atoms with Crippen LogP contribution in [0.25, 0.3) is 0 Å². The molecule has 0 aliphatic rings. The third-order valence-corrected chi connectivity index (χ3v) is 0. The van der Waals surface area contributed by atoms with Crippen LogP contribution in [-0.2, 0) is 0 Å². The summed E-state index contributed by atoms with van der Waals surface area (Å²) in [5.74, 6) is 0. The van der Waals surface area contributed by atoms with E-state index in [0.717, 1.165) is 0 Å². The van der Waals surface area contributed by atoms with Crippen molar-refractivity contribution in [2.75, 3.05) is 14.1 Å². The monoisotopic (exact) mass is 139 g/mol. The lowest BCUT2D eigenvalue weighted by atomic mass is 11.3. The van der Waals surface area contributed by atoms with Crippen molar-refractivity contribution in [3.63, 3.8) is 0 Å². The lowest BCUT2D eigenvalue weighted by Gasteiger charge is -1.59. The van der Waals surface area contributed by atoms with Gasteiger partial charge in [-0.25, -0.2) is 0 Å². The van der Waals surface area contributed by atoms with Gasteiger partial charge in [0.15, 0.2) is 0 Å². The molecule has 0 saturated heterocycles. The molecule has 0 aromatic heterocycles. The molecule has 7 heavy (non-hydrogen) atoms. The standard InChI is InChI=1S/C2H7N.3FH.H2S/c1-3-2;;;;/h3H,1-2H3;3*1H;1H2. The number of hydrogen-bond acceptors (Lipinski definition) is 1. The van der Waals surface area contributed by atoms with Crippen LogP contribution in [0.15, 0.2) is 0 Å². The molecule has 1 nitrogen and oxygen atoms in total. The van der Waals surface area contributed by atoms with E-state index < -0.39 is 0 Å². The first-order valence-electron chi connectivity index (χ1n) is 1.00. The van der Waals surface area contributed by atoms with Crippen LogP contribution in [0, 0.1) is 0 Å². The van der Waals surface area contributed by atoms with Crippen molar-refractivity contribution in [1.29, 1.82) is 0 Å². The van der Waals surface area contributed by atoms with Crippen molar-refractivity contribution in [3.8, 4) is 0 Å². The third kappa shape index (κ3) is 10300. The van der Waals surface area contributed by atoms with Crippen LogP contribution in [0.5, 0.6) is 0 Å². The molecule has 0 fully saturated rings. The van der Waals surface area contributed by atoms with Crippen molar-refractivity contribution < 1.29 is 14.1 Å². The van der Waals surface area contributed by atoms with E-state index in [-0.39, 0.29) is 27.6 Å². The van der Waals surface area contributed by atoms with E-state index in [1.165, 1.54) is 0 Å². The molecule has 52 valence electrons. The lowest BCUT2D eigenvalue weighted by Crippen LogP contribution is -1.89. The van der Waals surface area contributed by atoms with E-state index >= 15 is 0 Å². The van der Waals surface area contributed by atoms with E-state index in [9.17, 15) is 0 Å². The van der Waals surface area contributed by atoms with Gasteiger partial charge in [-0.15, -0.1) is 0 Å². The average Bonchev–Trinajstić information content (AvgIpc) is 0.918. The van der Waals surface area contributed by atoms with Crippen molar-refractivity contribution >= 4 is 13.5 Å². The topological polar surface area (TPSA) is 12.0 Å². The molecular formula is C2H12F3NS. The number of nitrogens with one attached hydrogen (secondary N) is 1. The molecule has 0 rings (SSSR count). The Bertz CT molecular complexity index is 12.9. The zero-order chi connectivity index (χ0) is 2.71. The van der Waals surface area contributed by atoms with Gasteiger partial charge in [-0.05, 0) is 14.1 Å². The molecule has 0 aromatic carbocycles. The molecule has 0 saturated carbocycles. The summed E-state index contributed by atoms with van der Waals surface area (Å²) in [6, 6.07) is 0. The van der Waals surface area contributed by atoms with Gasteiger partial charge in [0.25, 0.3) is 0 Å². The maximum absolute atomic E-state index is 2.75. The molecule has 0 spiro atoms. The Balaban J connectivity index is -0.00000000333. The summed E-state index contributed by atoms with van der Waals surface area (Å²) < 4.78 is 0.